The first-order valence-corrected chi connectivity index (χ1v) is 7.76. The zero-order chi connectivity index (χ0) is 17.1. The maximum Gasteiger partial charge on any atom is 0.410 e. The third kappa shape index (κ3) is 3.48. The number of hydrogen-bond donors (Lipinski definition) is 2. The Morgan fingerprint density at radius 3 is 2.83 bits per heavy atom. The Kier molecular flexibility index (Phi) is 4.65. The molecule has 10 heteroatoms. The van der Waals surface area contributed by atoms with Gasteiger partial charge in [0, 0.05) is 23.9 Å². The molecule has 1 saturated heterocycles. The highest BCUT2D eigenvalue weighted by Gasteiger charge is 2.37. The topological polar surface area (TPSA) is 114 Å². The molecule has 1 aliphatic heterocycles. The van der Waals surface area contributed by atoms with Crippen molar-refractivity contribution < 1.29 is 14.5 Å². The molecule has 1 aromatic carbocycles. The minimum absolute atomic E-state index is 0.00656. The lowest BCUT2D eigenvalue weighted by molar-refractivity contribution is -0.384. The van der Waals surface area contributed by atoms with Gasteiger partial charge in [-0.1, -0.05) is 0 Å². The highest BCUT2D eigenvalue weighted by Crippen LogP contribution is 2.33. The standard InChI is InChI=1S/C14H15N5O4S/c20-14(23-7-9-1-3-10(4-2-9)19(21)22)18-6-11(24)5-12(18)13-15-8-16-17-13/h1-4,8,11-12,24H,5-7H2,(H,15,16,17)/t11-,12-/m0/s1. The number of ether oxygens (including phenoxy) is 1. The zero-order valence-electron chi connectivity index (χ0n) is 12.5. The zero-order valence-corrected chi connectivity index (χ0v) is 13.4. The second kappa shape index (κ2) is 6.87. The van der Waals surface area contributed by atoms with Crippen LogP contribution in [-0.4, -0.2) is 42.9 Å². The second-order valence-corrected chi connectivity index (χ2v) is 6.14. The van der Waals surface area contributed by atoms with Gasteiger partial charge >= 0.3 is 6.09 Å². The van der Waals surface area contributed by atoms with E-state index in [0.29, 0.717) is 24.4 Å². The highest BCUT2D eigenvalue weighted by atomic mass is 32.1. The summed E-state index contributed by atoms with van der Waals surface area (Å²) in [5.41, 5.74) is 0.666. The molecule has 9 nitrogen and oxygen atoms in total. The number of nitrogens with zero attached hydrogens (tertiary/aromatic N) is 4. The predicted molar refractivity (Wildman–Crippen MR) is 86.5 cm³/mol. The van der Waals surface area contributed by atoms with Crippen molar-refractivity contribution in [3.63, 3.8) is 0 Å². The maximum atomic E-state index is 12.3. The van der Waals surface area contributed by atoms with E-state index in [9.17, 15) is 14.9 Å². The number of thiol groups is 1. The van der Waals surface area contributed by atoms with Gasteiger partial charge in [0.1, 0.15) is 18.8 Å². The third-order valence-electron chi connectivity index (χ3n) is 3.77. The Bertz CT molecular complexity index is 721. The van der Waals surface area contributed by atoms with Crippen LogP contribution in [0.15, 0.2) is 30.6 Å². The van der Waals surface area contributed by atoms with Crippen LogP contribution in [0.2, 0.25) is 0 Å². The maximum absolute atomic E-state index is 12.3. The van der Waals surface area contributed by atoms with E-state index in [1.165, 1.54) is 18.5 Å². The molecule has 0 bridgehead atoms. The third-order valence-corrected chi connectivity index (χ3v) is 4.15. The molecule has 1 amide bonds. The first kappa shape index (κ1) is 16.2. The number of H-pyrrole nitrogens is 1. The molecule has 1 fully saturated rings. The molecular formula is C14H15N5O4S. The number of nitro groups is 1. The van der Waals surface area contributed by atoms with Gasteiger partial charge in [-0.3, -0.25) is 20.1 Å². The van der Waals surface area contributed by atoms with Gasteiger partial charge in [-0.15, -0.1) is 0 Å². The van der Waals surface area contributed by atoms with Crippen molar-refractivity contribution in [3.05, 3.63) is 52.1 Å². The van der Waals surface area contributed by atoms with Gasteiger partial charge in [0.05, 0.1) is 11.0 Å². The van der Waals surface area contributed by atoms with E-state index in [0.717, 1.165) is 0 Å². The number of likely N-dealkylation sites (tertiary alicyclic amines) is 1. The predicted octanol–water partition coefficient (Wildman–Crippen LogP) is 2.09. The van der Waals surface area contributed by atoms with Crippen molar-refractivity contribution in [2.75, 3.05) is 6.54 Å². The summed E-state index contributed by atoms with van der Waals surface area (Å²) in [4.78, 5) is 28.1. The number of non-ortho nitro benzene ring substituents is 1. The van der Waals surface area contributed by atoms with Crippen molar-refractivity contribution in [3.8, 4) is 0 Å². The number of benzene rings is 1. The number of nitro benzene ring substituents is 1. The van der Waals surface area contributed by atoms with Crippen molar-refractivity contribution in [1.82, 2.24) is 20.1 Å². The number of amides is 1. The molecule has 0 unspecified atom stereocenters. The fourth-order valence-electron chi connectivity index (χ4n) is 2.59. The molecule has 0 saturated carbocycles. The number of nitrogens with one attached hydrogen (secondary N) is 1. The summed E-state index contributed by atoms with van der Waals surface area (Å²) in [6, 6.07) is 5.62. The minimum Gasteiger partial charge on any atom is -0.445 e. The Morgan fingerprint density at radius 1 is 1.46 bits per heavy atom. The largest absolute Gasteiger partial charge is 0.445 e. The van der Waals surface area contributed by atoms with Crippen LogP contribution in [0.1, 0.15) is 23.9 Å². The quantitative estimate of drug-likeness (QED) is 0.496. The van der Waals surface area contributed by atoms with Crippen molar-refractivity contribution in [2.24, 2.45) is 0 Å². The number of carbonyl (C=O) groups excluding carboxylic acids is 1. The van der Waals surface area contributed by atoms with E-state index in [1.54, 1.807) is 17.0 Å². The summed E-state index contributed by atoms with van der Waals surface area (Å²) in [6.45, 7) is 0.487. The van der Waals surface area contributed by atoms with Gasteiger partial charge in [-0.25, -0.2) is 9.78 Å². The average molecular weight is 349 g/mol. The van der Waals surface area contributed by atoms with Crippen LogP contribution in [0.25, 0.3) is 0 Å². The lowest BCUT2D eigenvalue weighted by Crippen LogP contribution is -2.32. The Labute approximate surface area is 142 Å². The van der Waals surface area contributed by atoms with Crippen LogP contribution in [0, 0.1) is 10.1 Å². The average Bonchev–Trinajstić information content (AvgIpc) is 3.22. The smallest absolute Gasteiger partial charge is 0.410 e. The van der Waals surface area contributed by atoms with Gasteiger partial charge < -0.3 is 4.74 Å². The van der Waals surface area contributed by atoms with Gasteiger partial charge in [-0.2, -0.15) is 17.7 Å². The molecule has 1 aromatic heterocycles. The molecule has 2 aromatic rings. The lowest BCUT2D eigenvalue weighted by atomic mass is 10.2. The normalized spacial score (nSPS) is 20.1. The molecule has 24 heavy (non-hydrogen) atoms. The van der Waals surface area contributed by atoms with E-state index >= 15 is 0 Å². The van der Waals surface area contributed by atoms with Crippen molar-refractivity contribution >= 4 is 24.4 Å². The fourth-order valence-corrected chi connectivity index (χ4v) is 2.97. The number of rotatable bonds is 4. The Balaban J connectivity index is 1.62. The number of aromatic amines is 1. The molecular weight excluding hydrogens is 334 g/mol. The van der Waals surface area contributed by atoms with Crippen LogP contribution >= 0.6 is 12.6 Å². The Morgan fingerprint density at radius 2 is 2.21 bits per heavy atom. The fraction of sp³-hybridized carbons (Fsp3) is 0.357. The summed E-state index contributed by atoms with van der Waals surface area (Å²) in [6.07, 6.45) is 1.57. The summed E-state index contributed by atoms with van der Waals surface area (Å²) in [7, 11) is 0. The molecule has 0 aliphatic carbocycles. The number of aromatic nitrogens is 3. The molecule has 2 heterocycles. The number of carbonyl (C=O) groups is 1. The van der Waals surface area contributed by atoms with Crippen LogP contribution in [0.3, 0.4) is 0 Å². The van der Waals surface area contributed by atoms with Crippen LogP contribution in [0.4, 0.5) is 10.5 Å². The first-order chi connectivity index (χ1) is 11.5. The summed E-state index contributed by atoms with van der Waals surface area (Å²) >= 11 is 4.43. The van der Waals surface area contributed by atoms with Gasteiger partial charge in [0.25, 0.3) is 5.69 Å². The van der Waals surface area contributed by atoms with Gasteiger partial charge in [0.15, 0.2) is 0 Å². The van der Waals surface area contributed by atoms with E-state index < -0.39 is 11.0 Å². The summed E-state index contributed by atoms with van der Waals surface area (Å²) in [5, 5.41) is 17.2. The van der Waals surface area contributed by atoms with Crippen LogP contribution in [-0.2, 0) is 11.3 Å². The monoisotopic (exact) mass is 349 g/mol. The summed E-state index contributed by atoms with van der Waals surface area (Å²) in [5.74, 6) is 0.596. The van der Waals surface area contributed by atoms with Crippen molar-refractivity contribution in [2.45, 2.75) is 24.3 Å². The molecule has 3 rings (SSSR count). The number of hydrogen-bond acceptors (Lipinski definition) is 7. The second-order valence-electron chi connectivity index (χ2n) is 5.41. The molecule has 1 N–H and O–H groups in total. The lowest BCUT2D eigenvalue weighted by Gasteiger charge is -2.22. The van der Waals surface area contributed by atoms with Crippen molar-refractivity contribution in [1.29, 1.82) is 0 Å². The molecule has 0 spiro atoms. The molecule has 0 radical (unpaired) electrons. The highest BCUT2D eigenvalue weighted by molar-refractivity contribution is 7.81. The van der Waals surface area contributed by atoms with Gasteiger partial charge in [0.2, 0.25) is 0 Å². The molecule has 1 aliphatic rings. The van der Waals surface area contributed by atoms with E-state index in [2.05, 4.69) is 27.8 Å². The molecule has 126 valence electrons. The molecule has 2 atom stereocenters. The summed E-state index contributed by atoms with van der Waals surface area (Å²) < 4.78 is 5.31. The Hall–Kier alpha value is -2.62. The van der Waals surface area contributed by atoms with E-state index in [4.69, 9.17) is 4.74 Å². The first-order valence-electron chi connectivity index (χ1n) is 7.24. The van der Waals surface area contributed by atoms with Crippen LogP contribution < -0.4 is 0 Å². The van der Waals surface area contributed by atoms with E-state index in [1.807, 2.05) is 0 Å². The van der Waals surface area contributed by atoms with Crippen LogP contribution in [0.5, 0.6) is 0 Å². The van der Waals surface area contributed by atoms with Gasteiger partial charge in [-0.05, 0) is 24.1 Å². The SMILES string of the molecule is O=C(OCc1ccc([N+](=O)[O-])cc1)N1C[C@@H](S)C[C@H]1c1ncn[nH]1. The minimum atomic E-state index is -0.480. The van der Waals surface area contributed by atoms with E-state index in [-0.39, 0.29) is 23.6 Å².